The lowest BCUT2D eigenvalue weighted by Crippen LogP contribution is -2.34. The van der Waals surface area contributed by atoms with Crippen LogP contribution in [0.3, 0.4) is 0 Å². The van der Waals surface area contributed by atoms with Gasteiger partial charge in [0, 0.05) is 34.9 Å². The van der Waals surface area contributed by atoms with Crippen molar-refractivity contribution in [3.63, 3.8) is 0 Å². The number of fused-ring (bicyclic) bond motifs is 1. The smallest absolute Gasteiger partial charge is 0.324 e. The SMILES string of the molecule is CCCCCCCCS(=O)C(C)Cc1ccc2c(c1)OCO2.CCSC(=O)N(CC(C)C)CC(C)C.OP(O)O. The number of amides is 1. The van der Waals surface area contributed by atoms with E-state index in [1.165, 1.54) is 49.4 Å². The minimum atomic E-state index is -2.62. The van der Waals surface area contributed by atoms with Crippen molar-refractivity contribution >= 4 is 36.4 Å². The first-order valence-corrected chi connectivity index (χ1v) is 18.0. The number of thioether (sulfide) groups is 1. The van der Waals surface area contributed by atoms with Crippen LogP contribution in [0.2, 0.25) is 0 Å². The lowest BCUT2D eigenvalue weighted by Gasteiger charge is -2.25. The molecule has 11 heteroatoms. The molecule has 1 aliphatic heterocycles. The summed E-state index contributed by atoms with van der Waals surface area (Å²) in [6.45, 7) is 17.0. The van der Waals surface area contributed by atoms with Gasteiger partial charge < -0.3 is 29.1 Å². The average molecular weight is 624 g/mol. The first-order chi connectivity index (χ1) is 18.9. The van der Waals surface area contributed by atoms with Gasteiger partial charge in [-0.15, -0.1) is 0 Å². The number of rotatable bonds is 15. The number of hydrogen-bond donors (Lipinski definition) is 3. The van der Waals surface area contributed by atoms with Crippen molar-refractivity contribution in [3.05, 3.63) is 23.8 Å². The first-order valence-electron chi connectivity index (χ1n) is 14.4. The highest BCUT2D eigenvalue weighted by Crippen LogP contribution is 2.33. The van der Waals surface area contributed by atoms with Crippen molar-refractivity contribution in [2.75, 3.05) is 31.4 Å². The van der Waals surface area contributed by atoms with Crippen LogP contribution in [0.4, 0.5) is 4.79 Å². The maximum atomic E-state index is 12.3. The van der Waals surface area contributed by atoms with E-state index in [1.54, 1.807) is 0 Å². The van der Waals surface area contributed by atoms with Crippen LogP contribution >= 0.6 is 20.4 Å². The monoisotopic (exact) mass is 623 g/mol. The molecule has 1 aromatic rings. The van der Waals surface area contributed by atoms with E-state index in [0.717, 1.165) is 48.9 Å². The topological polar surface area (TPSA) is 117 Å². The van der Waals surface area contributed by atoms with Gasteiger partial charge >= 0.3 is 8.60 Å². The Hall–Kier alpha value is -0.900. The van der Waals surface area contributed by atoms with Crippen LogP contribution in [0.5, 0.6) is 11.5 Å². The summed E-state index contributed by atoms with van der Waals surface area (Å²) in [7, 11) is -3.36. The Balaban J connectivity index is 0.000000726. The molecule has 2 unspecified atom stereocenters. The molecule has 1 amide bonds. The fourth-order valence-corrected chi connectivity index (χ4v) is 5.89. The molecular formula is C29H54NO7PS2. The van der Waals surface area contributed by atoms with Gasteiger partial charge in [0.1, 0.15) is 0 Å². The normalized spacial score (nSPS) is 13.4. The van der Waals surface area contributed by atoms with Crippen molar-refractivity contribution in [2.45, 2.75) is 98.7 Å². The Morgan fingerprint density at radius 1 is 0.950 bits per heavy atom. The number of carbonyl (C=O) groups excluding carboxylic acids is 1. The number of ether oxygens (including phenoxy) is 2. The van der Waals surface area contributed by atoms with E-state index in [1.807, 2.05) is 30.0 Å². The van der Waals surface area contributed by atoms with Crippen molar-refractivity contribution in [3.8, 4) is 11.5 Å². The van der Waals surface area contributed by atoms with Crippen LogP contribution in [-0.4, -0.2) is 65.7 Å². The summed E-state index contributed by atoms with van der Waals surface area (Å²) in [4.78, 5) is 35.4. The van der Waals surface area contributed by atoms with Gasteiger partial charge in [0.05, 0.1) is 0 Å². The van der Waals surface area contributed by atoms with Crippen LogP contribution in [-0.2, 0) is 17.2 Å². The molecule has 0 radical (unpaired) electrons. The Morgan fingerprint density at radius 2 is 1.50 bits per heavy atom. The van der Waals surface area contributed by atoms with Gasteiger partial charge in [-0.1, -0.05) is 98.4 Å². The van der Waals surface area contributed by atoms with Crippen LogP contribution in [0.25, 0.3) is 0 Å². The molecule has 0 saturated heterocycles. The molecule has 0 bridgehead atoms. The summed E-state index contributed by atoms with van der Waals surface area (Å²) in [5, 5.41) is 0.422. The number of nitrogens with zero attached hydrogens (tertiary/aromatic N) is 1. The summed E-state index contributed by atoms with van der Waals surface area (Å²) < 4.78 is 23.0. The van der Waals surface area contributed by atoms with Crippen molar-refractivity contribution < 1.29 is 33.2 Å². The summed E-state index contributed by atoms with van der Waals surface area (Å²) in [6, 6.07) is 6.01. The Labute approximate surface area is 251 Å². The molecule has 8 nitrogen and oxygen atoms in total. The highest BCUT2D eigenvalue weighted by atomic mass is 32.2. The molecule has 2 atom stereocenters. The van der Waals surface area contributed by atoms with Crippen molar-refractivity contribution in [1.29, 1.82) is 0 Å². The quantitative estimate of drug-likeness (QED) is 0.140. The zero-order valence-electron chi connectivity index (χ0n) is 25.6. The summed E-state index contributed by atoms with van der Waals surface area (Å²) in [6.07, 6.45) is 8.32. The van der Waals surface area contributed by atoms with Crippen LogP contribution in [0, 0.1) is 11.8 Å². The van der Waals surface area contributed by atoms with Crippen LogP contribution in [0.1, 0.15) is 92.6 Å². The number of unbranched alkanes of at least 4 members (excludes halogenated alkanes) is 5. The highest BCUT2D eigenvalue weighted by Gasteiger charge is 2.17. The zero-order valence-corrected chi connectivity index (χ0v) is 28.2. The first kappa shape index (κ1) is 39.1. The molecule has 0 aliphatic carbocycles. The summed E-state index contributed by atoms with van der Waals surface area (Å²) >= 11 is 1.41. The van der Waals surface area contributed by atoms with E-state index < -0.39 is 19.4 Å². The Bertz CT molecular complexity index is 815. The minimum Gasteiger partial charge on any atom is -0.454 e. The fourth-order valence-electron chi connectivity index (χ4n) is 4.04. The van der Waals surface area contributed by atoms with Crippen LogP contribution < -0.4 is 9.47 Å². The molecule has 234 valence electrons. The van der Waals surface area contributed by atoms with Gasteiger partial charge in [-0.25, -0.2) is 0 Å². The van der Waals surface area contributed by atoms with Gasteiger partial charge in [0.25, 0.3) is 5.24 Å². The van der Waals surface area contributed by atoms with E-state index >= 15 is 0 Å². The molecule has 3 N–H and O–H groups in total. The van der Waals surface area contributed by atoms with E-state index in [0.29, 0.717) is 18.6 Å². The Morgan fingerprint density at radius 3 is 2.05 bits per heavy atom. The van der Waals surface area contributed by atoms with E-state index in [-0.39, 0.29) is 10.5 Å². The number of carbonyl (C=O) groups is 1. The summed E-state index contributed by atoms with van der Waals surface area (Å²) in [5.41, 5.74) is 1.17. The molecule has 0 fully saturated rings. The number of hydrogen-bond acceptors (Lipinski definition) is 8. The van der Waals surface area contributed by atoms with E-state index in [4.69, 9.17) is 24.2 Å². The molecular weight excluding hydrogens is 569 g/mol. The van der Waals surface area contributed by atoms with Crippen molar-refractivity contribution in [2.24, 2.45) is 11.8 Å². The lowest BCUT2D eigenvalue weighted by atomic mass is 10.1. The third-order valence-electron chi connectivity index (χ3n) is 5.81. The molecule has 1 aliphatic rings. The van der Waals surface area contributed by atoms with Gasteiger partial charge in [-0.05, 0) is 48.1 Å². The second-order valence-electron chi connectivity index (χ2n) is 10.7. The van der Waals surface area contributed by atoms with E-state index in [9.17, 15) is 9.00 Å². The zero-order chi connectivity index (χ0) is 30.5. The highest BCUT2D eigenvalue weighted by molar-refractivity contribution is 8.13. The second-order valence-corrected chi connectivity index (χ2v) is 14.4. The Kier molecular flexibility index (Phi) is 23.1. The third kappa shape index (κ3) is 20.1. The van der Waals surface area contributed by atoms with Gasteiger partial charge in [0.2, 0.25) is 6.79 Å². The van der Waals surface area contributed by atoms with Gasteiger partial charge in [-0.2, -0.15) is 0 Å². The fraction of sp³-hybridized carbons (Fsp3) is 0.759. The molecule has 1 aromatic carbocycles. The van der Waals surface area contributed by atoms with Crippen LogP contribution in [0.15, 0.2) is 18.2 Å². The lowest BCUT2D eigenvalue weighted by molar-refractivity contribution is 0.174. The predicted octanol–water partition coefficient (Wildman–Crippen LogP) is 7.12. The predicted molar refractivity (Wildman–Crippen MR) is 170 cm³/mol. The number of benzene rings is 1. The molecule has 0 saturated carbocycles. The maximum absolute atomic E-state index is 12.3. The van der Waals surface area contributed by atoms with Gasteiger partial charge in [-0.3, -0.25) is 9.00 Å². The molecule has 0 aromatic heterocycles. The van der Waals surface area contributed by atoms with Gasteiger partial charge in [0.15, 0.2) is 11.5 Å². The molecule has 0 spiro atoms. The van der Waals surface area contributed by atoms with E-state index in [2.05, 4.69) is 41.5 Å². The minimum absolute atomic E-state index is 0.191. The molecule has 40 heavy (non-hydrogen) atoms. The molecule has 1 heterocycles. The standard InChI is InChI=1S/C18H28O3S.C11H23NOS.H3O3P/c1-3-4-5-6-7-8-11-22(19)15(2)12-16-9-10-17-18(13-16)21-14-20-17;1-6-14-11(13)12(7-9(2)3)8-10(4)5;1-4(2)3/h9-10,13,15H,3-8,11-12,14H2,1-2H3;9-10H,6-8H2,1-5H3;1-3H. The largest absolute Gasteiger partial charge is 0.454 e. The third-order valence-corrected chi connectivity index (χ3v) is 8.35. The molecule has 2 rings (SSSR count). The average Bonchev–Trinajstić information content (AvgIpc) is 3.33. The second kappa shape index (κ2) is 23.6. The maximum Gasteiger partial charge on any atom is 0.324 e. The summed E-state index contributed by atoms with van der Waals surface area (Å²) in [5.74, 6) is 4.42. The van der Waals surface area contributed by atoms with Crippen molar-refractivity contribution in [1.82, 2.24) is 4.90 Å².